The van der Waals surface area contributed by atoms with Crippen molar-refractivity contribution in [2.24, 2.45) is 0 Å². The third-order valence-electron chi connectivity index (χ3n) is 1.99. The van der Waals surface area contributed by atoms with Gasteiger partial charge in [-0.15, -0.1) is 0 Å². The molecule has 70 valence electrons. The van der Waals surface area contributed by atoms with Crippen LogP contribution < -0.4 is 15.8 Å². The fourth-order valence-corrected chi connectivity index (χ4v) is 1.84. The highest BCUT2D eigenvalue weighted by atomic mass is 79.9. The molecule has 13 heavy (non-hydrogen) atoms. The van der Waals surface area contributed by atoms with E-state index in [1.54, 1.807) is 0 Å². The van der Waals surface area contributed by atoms with Crippen molar-refractivity contribution in [1.82, 2.24) is 0 Å². The summed E-state index contributed by atoms with van der Waals surface area (Å²) in [4.78, 5) is 0. The first-order chi connectivity index (χ1) is 6.16. The van der Waals surface area contributed by atoms with Gasteiger partial charge >= 0.3 is 0 Å². The minimum absolute atomic E-state index is 0.196. The summed E-state index contributed by atoms with van der Waals surface area (Å²) in [7, 11) is 0. The zero-order chi connectivity index (χ0) is 9.42. The van der Waals surface area contributed by atoms with E-state index in [0.29, 0.717) is 0 Å². The van der Waals surface area contributed by atoms with Gasteiger partial charge in [0.1, 0.15) is 17.5 Å². The Balaban J connectivity index is 2.47. The Hall–Kier alpha value is -0.900. The number of ether oxygens (including phenoxy) is 1. The zero-order valence-corrected chi connectivity index (χ0v) is 8.89. The number of nitrogen functional groups attached to an aromatic ring is 1. The second-order valence-electron chi connectivity index (χ2n) is 3.18. The van der Waals surface area contributed by atoms with Gasteiger partial charge in [0.2, 0.25) is 0 Å². The van der Waals surface area contributed by atoms with Crippen LogP contribution in [0.2, 0.25) is 0 Å². The number of fused-ring (bicyclic) bond motifs is 1. The molecule has 0 saturated carbocycles. The van der Waals surface area contributed by atoms with Crippen LogP contribution in [0.25, 0.3) is 0 Å². The molecule has 1 aliphatic heterocycles. The van der Waals surface area contributed by atoms with E-state index in [1.807, 2.05) is 19.1 Å². The Labute approximate surface area is 85.4 Å². The minimum atomic E-state index is 0.196. The van der Waals surface area contributed by atoms with E-state index in [0.717, 1.165) is 28.1 Å². The Bertz CT molecular complexity index is 341. The number of nitrogens with one attached hydrogen (secondary N) is 1. The van der Waals surface area contributed by atoms with Crippen LogP contribution >= 0.6 is 15.9 Å². The Morgan fingerprint density at radius 2 is 2.38 bits per heavy atom. The van der Waals surface area contributed by atoms with Gasteiger partial charge in [0.05, 0.1) is 12.2 Å². The highest BCUT2D eigenvalue weighted by Gasteiger charge is 2.17. The maximum Gasteiger partial charge on any atom is 0.146 e. The minimum Gasteiger partial charge on any atom is -0.487 e. The van der Waals surface area contributed by atoms with Crippen LogP contribution in [0.1, 0.15) is 6.92 Å². The van der Waals surface area contributed by atoms with E-state index in [2.05, 4.69) is 21.2 Å². The topological polar surface area (TPSA) is 47.3 Å². The molecule has 4 heteroatoms. The zero-order valence-electron chi connectivity index (χ0n) is 7.30. The molecule has 1 aliphatic rings. The molecular weight excluding hydrogens is 232 g/mol. The van der Waals surface area contributed by atoms with Crippen molar-refractivity contribution in [1.29, 1.82) is 0 Å². The van der Waals surface area contributed by atoms with Gasteiger partial charge in [-0.25, -0.2) is 0 Å². The van der Waals surface area contributed by atoms with E-state index >= 15 is 0 Å². The molecule has 0 spiro atoms. The van der Waals surface area contributed by atoms with Crippen molar-refractivity contribution in [2.45, 2.75) is 13.0 Å². The van der Waals surface area contributed by atoms with Crippen molar-refractivity contribution < 1.29 is 4.74 Å². The SMILES string of the molecule is C[C@@H]1CNc2c(N)cc(Br)cc2O1. The van der Waals surface area contributed by atoms with E-state index in [1.165, 1.54) is 0 Å². The molecular formula is C9H11BrN2O. The lowest BCUT2D eigenvalue weighted by Crippen LogP contribution is -2.28. The molecule has 0 bridgehead atoms. The first kappa shape index (κ1) is 8.69. The van der Waals surface area contributed by atoms with Gasteiger partial charge in [-0.3, -0.25) is 0 Å². The predicted octanol–water partition coefficient (Wildman–Crippen LogP) is 2.22. The fourth-order valence-electron chi connectivity index (χ4n) is 1.39. The standard InChI is InChI=1S/C9H11BrN2O/c1-5-4-12-9-7(11)2-6(10)3-8(9)13-5/h2-3,5,12H,4,11H2,1H3/t5-/m1/s1. The molecule has 0 amide bonds. The summed E-state index contributed by atoms with van der Waals surface area (Å²) in [6.07, 6.45) is 0.196. The first-order valence-electron chi connectivity index (χ1n) is 4.16. The highest BCUT2D eigenvalue weighted by molar-refractivity contribution is 9.10. The average molecular weight is 243 g/mol. The molecule has 0 saturated heterocycles. The van der Waals surface area contributed by atoms with Crippen LogP contribution in [0.4, 0.5) is 11.4 Å². The van der Waals surface area contributed by atoms with E-state index < -0.39 is 0 Å². The number of nitrogens with two attached hydrogens (primary N) is 1. The van der Waals surface area contributed by atoms with Crippen LogP contribution in [0.15, 0.2) is 16.6 Å². The molecule has 3 N–H and O–H groups in total. The number of rotatable bonds is 0. The van der Waals surface area contributed by atoms with Gasteiger partial charge in [-0.1, -0.05) is 15.9 Å². The molecule has 1 aromatic carbocycles. The predicted molar refractivity (Wildman–Crippen MR) is 57.1 cm³/mol. The summed E-state index contributed by atoms with van der Waals surface area (Å²) in [6.45, 7) is 2.83. The average Bonchev–Trinajstić information content (AvgIpc) is 2.02. The van der Waals surface area contributed by atoms with Crippen LogP contribution in [-0.2, 0) is 0 Å². The summed E-state index contributed by atoms with van der Waals surface area (Å²) >= 11 is 3.37. The maximum absolute atomic E-state index is 5.82. The third kappa shape index (κ3) is 1.58. The monoisotopic (exact) mass is 242 g/mol. The number of anilines is 2. The summed E-state index contributed by atoms with van der Waals surface area (Å²) in [5, 5.41) is 3.24. The number of halogens is 1. The normalized spacial score (nSPS) is 20.0. The first-order valence-corrected chi connectivity index (χ1v) is 4.95. The molecule has 0 aromatic heterocycles. The second kappa shape index (κ2) is 3.10. The largest absolute Gasteiger partial charge is 0.487 e. The van der Waals surface area contributed by atoms with Crippen molar-refractivity contribution in [3.8, 4) is 5.75 Å². The number of benzene rings is 1. The van der Waals surface area contributed by atoms with E-state index in [4.69, 9.17) is 10.5 Å². The molecule has 3 nitrogen and oxygen atoms in total. The summed E-state index contributed by atoms with van der Waals surface area (Å²) in [5.41, 5.74) is 7.44. The molecule has 0 unspecified atom stereocenters. The number of hydrogen-bond acceptors (Lipinski definition) is 3. The van der Waals surface area contributed by atoms with Gasteiger partial charge in [-0.05, 0) is 19.1 Å². The molecule has 1 aromatic rings. The molecule has 0 radical (unpaired) electrons. The van der Waals surface area contributed by atoms with Crippen LogP contribution in [0.5, 0.6) is 5.75 Å². The number of hydrogen-bond donors (Lipinski definition) is 2. The summed E-state index contributed by atoms with van der Waals surface area (Å²) < 4.78 is 6.57. The summed E-state index contributed by atoms with van der Waals surface area (Å²) in [5.74, 6) is 0.825. The van der Waals surface area contributed by atoms with Gasteiger partial charge in [0.25, 0.3) is 0 Å². The van der Waals surface area contributed by atoms with Gasteiger partial charge in [-0.2, -0.15) is 0 Å². The molecule has 0 aliphatic carbocycles. The molecule has 1 atom stereocenters. The quantitative estimate of drug-likeness (QED) is 0.687. The highest BCUT2D eigenvalue weighted by Crippen LogP contribution is 2.37. The third-order valence-corrected chi connectivity index (χ3v) is 2.45. The van der Waals surface area contributed by atoms with Crippen molar-refractivity contribution in [3.63, 3.8) is 0 Å². The molecule has 0 fully saturated rings. The smallest absolute Gasteiger partial charge is 0.146 e. The Morgan fingerprint density at radius 1 is 1.62 bits per heavy atom. The maximum atomic E-state index is 5.82. The molecule has 2 rings (SSSR count). The van der Waals surface area contributed by atoms with Gasteiger partial charge in [0.15, 0.2) is 0 Å². The Morgan fingerprint density at radius 3 is 3.15 bits per heavy atom. The van der Waals surface area contributed by atoms with Crippen LogP contribution in [-0.4, -0.2) is 12.6 Å². The fraction of sp³-hybridized carbons (Fsp3) is 0.333. The van der Waals surface area contributed by atoms with Gasteiger partial charge in [0, 0.05) is 4.47 Å². The van der Waals surface area contributed by atoms with Crippen molar-refractivity contribution in [2.75, 3.05) is 17.6 Å². The van der Waals surface area contributed by atoms with E-state index in [-0.39, 0.29) is 6.10 Å². The lowest BCUT2D eigenvalue weighted by atomic mass is 10.2. The van der Waals surface area contributed by atoms with Crippen LogP contribution in [0.3, 0.4) is 0 Å². The van der Waals surface area contributed by atoms with Crippen molar-refractivity contribution >= 4 is 27.3 Å². The lowest BCUT2D eigenvalue weighted by molar-refractivity contribution is 0.226. The molecule has 1 heterocycles. The van der Waals surface area contributed by atoms with Crippen molar-refractivity contribution in [3.05, 3.63) is 16.6 Å². The van der Waals surface area contributed by atoms with E-state index in [9.17, 15) is 0 Å². The van der Waals surface area contributed by atoms with Crippen LogP contribution in [0, 0.1) is 0 Å². The Kier molecular flexibility index (Phi) is 2.07. The summed E-state index contributed by atoms with van der Waals surface area (Å²) in [6, 6.07) is 3.79. The second-order valence-corrected chi connectivity index (χ2v) is 4.09. The lowest BCUT2D eigenvalue weighted by Gasteiger charge is -2.26. The van der Waals surface area contributed by atoms with Gasteiger partial charge < -0.3 is 15.8 Å².